The highest BCUT2D eigenvalue weighted by molar-refractivity contribution is 7.13. The van der Waals surface area contributed by atoms with Crippen LogP contribution in [0.3, 0.4) is 0 Å². The molecule has 3 aromatic rings. The van der Waals surface area contributed by atoms with Crippen LogP contribution in [-0.4, -0.2) is 28.2 Å². The van der Waals surface area contributed by atoms with Crippen molar-refractivity contribution < 1.29 is 4.52 Å². The summed E-state index contributed by atoms with van der Waals surface area (Å²) in [7, 11) is 1.92. The third-order valence-corrected chi connectivity index (χ3v) is 4.58. The molecule has 0 saturated carbocycles. The molecule has 1 atom stereocenters. The van der Waals surface area contributed by atoms with E-state index in [-0.39, 0.29) is 0 Å². The fourth-order valence-corrected chi connectivity index (χ4v) is 3.09. The van der Waals surface area contributed by atoms with Gasteiger partial charge >= 0.3 is 0 Å². The maximum absolute atomic E-state index is 5.32. The predicted octanol–water partition coefficient (Wildman–Crippen LogP) is 3.24. The fourth-order valence-electron chi connectivity index (χ4n) is 2.27. The minimum Gasteiger partial charge on any atom is -0.339 e. The number of nitrogens with one attached hydrogen (secondary N) is 1. The van der Waals surface area contributed by atoms with Crippen LogP contribution in [0, 0.1) is 6.92 Å². The van der Waals surface area contributed by atoms with E-state index in [1.807, 2.05) is 7.05 Å². The van der Waals surface area contributed by atoms with Crippen molar-refractivity contribution in [2.24, 2.45) is 0 Å². The van der Waals surface area contributed by atoms with Gasteiger partial charge in [-0.2, -0.15) is 4.98 Å². The van der Waals surface area contributed by atoms with Crippen LogP contribution in [0.25, 0.3) is 10.6 Å². The molecule has 0 radical (unpaired) electrons. The average molecular weight is 328 g/mol. The first-order chi connectivity index (χ1) is 11.1. The number of benzene rings is 1. The fraction of sp³-hybridized carbons (Fsp3) is 0.353. The molecule has 0 aliphatic heterocycles. The lowest BCUT2D eigenvalue weighted by Crippen LogP contribution is -2.24. The predicted molar refractivity (Wildman–Crippen MR) is 91.6 cm³/mol. The highest BCUT2D eigenvalue weighted by Crippen LogP contribution is 2.25. The van der Waals surface area contributed by atoms with Gasteiger partial charge in [0.2, 0.25) is 5.89 Å². The first kappa shape index (κ1) is 15.8. The van der Waals surface area contributed by atoms with Crippen molar-refractivity contribution in [3.8, 4) is 10.6 Å². The highest BCUT2D eigenvalue weighted by Gasteiger charge is 2.12. The molecule has 0 aliphatic rings. The molecule has 1 aromatic carbocycles. The van der Waals surface area contributed by atoms with Crippen LogP contribution in [0.1, 0.15) is 29.9 Å². The van der Waals surface area contributed by atoms with Gasteiger partial charge in [0, 0.05) is 23.4 Å². The largest absolute Gasteiger partial charge is 0.339 e. The SMILES string of the molecule is CNC(C)Cc1noc(Cc2csc(-c3cccc(C)c3)n2)n1. The minimum atomic E-state index is 0.327. The molecule has 5 nitrogen and oxygen atoms in total. The van der Waals surface area contributed by atoms with E-state index >= 15 is 0 Å². The summed E-state index contributed by atoms with van der Waals surface area (Å²) in [6.45, 7) is 4.18. The molecule has 0 bridgehead atoms. The van der Waals surface area contributed by atoms with Crippen molar-refractivity contribution in [3.05, 3.63) is 52.6 Å². The van der Waals surface area contributed by atoms with Crippen molar-refractivity contribution >= 4 is 11.3 Å². The number of rotatable bonds is 6. The Bertz CT molecular complexity index is 780. The molecule has 1 unspecified atom stereocenters. The summed E-state index contributed by atoms with van der Waals surface area (Å²) in [5, 5.41) is 10.3. The monoisotopic (exact) mass is 328 g/mol. The summed E-state index contributed by atoms with van der Waals surface area (Å²) in [5.74, 6) is 1.35. The second-order valence-electron chi connectivity index (χ2n) is 5.69. The Balaban J connectivity index is 1.70. The van der Waals surface area contributed by atoms with Gasteiger partial charge in [-0.1, -0.05) is 28.9 Å². The molecule has 0 amide bonds. The van der Waals surface area contributed by atoms with Crippen LogP contribution >= 0.6 is 11.3 Å². The standard InChI is InChI=1S/C17H20N4OS/c1-11-5-4-6-13(7-11)17-19-14(10-23-17)9-16-20-15(21-22-16)8-12(2)18-3/h4-7,10,12,18H,8-9H2,1-3H3. The summed E-state index contributed by atoms with van der Waals surface area (Å²) in [6, 6.07) is 8.70. The quantitative estimate of drug-likeness (QED) is 0.752. The van der Waals surface area contributed by atoms with Crippen molar-refractivity contribution in [2.75, 3.05) is 7.05 Å². The van der Waals surface area contributed by atoms with Crippen molar-refractivity contribution in [1.29, 1.82) is 0 Å². The highest BCUT2D eigenvalue weighted by atomic mass is 32.1. The molecule has 0 fully saturated rings. The molecule has 1 N–H and O–H groups in total. The third-order valence-electron chi connectivity index (χ3n) is 3.64. The Labute approximate surface area is 139 Å². The smallest absolute Gasteiger partial charge is 0.232 e. The summed E-state index contributed by atoms with van der Waals surface area (Å²) >= 11 is 1.64. The van der Waals surface area contributed by atoms with E-state index in [9.17, 15) is 0 Å². The zero-order chi connectivity index (χ0) is 16.2. The number of hydrogen-bond acceptors (Lipinski definition) is 6. The lowest BCUT2D eigenvalue weighted by Gasteiger charge is -2.04. The molecule has 0 aliphatic carbocycles. The van der Waals surface area contributed by atoms with E-state index in [2.05, 4.69) is 63.9 Å². The summed E-state index contributed by atoms with van der Waals surface area (Å²) in [4.78, 5) is 9.12. The lowest BCUT2D eigenvalue weighted by atomic mass is 10.1. The van der Waals surface area contributed by atoms with E-state index in [1.165, 1.54) is 5.56 Å². The molecular weight excluding hydrogens is 308 g/mol. The van der Waals surface area contributed by atoms with Crippen LogP contribution in [0.4, 0.5) is 0 Å². The van der Waals surface area contributed by atoms with E-state index in [0.717, 1.165) is 28.5 Å². The Morgan fingerprint density at radius 1 is 1.30 bits per heavy atom. The molecule has 2 heterocycles. The second kappa shape index (κ2) is 7.02. The molecule has 0 saturated heterocycles. The van der Waals surface area contributed by atoms with E-state index in [1.54, 1.807) is 11.3 Å². The van der Waals surface area contributed by atoms with Crippen LogP contribution < -0.4 is 5.32 Å². The molecule has 6 heteroatoms. The van der Waals surface area contributed by atoms with Crippen molar-refractivity contribution in [3.63, 3.8) is 0 Å². The van der Waals surface area contributed by atoms with Gasteiger partial charge in [0.1, 0.15) is 5.01 Å². The van der Waals surface area contributed by atoms with E-state index in [0.29, 0.717) is 18.4 Å². The first-order valence-electron chi connectivity index (χ1n) is 7.64. The van der Waals surface area contributed by atoms with Gasteiger partial charge in [0.25, 0.3) is 0 Å². The molecule has 2 aromatic heterocycles. The molecule has 120 valence electrons. The Kier molecular flexibility index (Phi) is 4.83. The molecular formula is C17H20N4OS. The zero-order valence-corrected chi connectivity index (χ0v) is 14.4. The van der Waals surface area contributed by atoms with Crippen LogP contribution in [-0.2, 0) is 12.8 Å². The number of aromatic nitrogens is 3. The van der Waals surface area contributed by atoms with E-state index in [4.69, 9.17) is 4.52 Å². The third kappa shape index (κ3) is 4.03. The number of aryl methyl sites for hydroxylation is 1. The normalized spacial score (nSPS) is 12.5. The van der Waals surface area contributed by atoms with Crippen LogP contribution in [0.2, 0.25) is 0 Å². The average Bonchev–Trinajstić information content (AvgIpc) is 3.17. The van der Waals surface area contributed by atoms with E-state index < -0.39 is 0 Å². The lowest BCUT2D eigenvalue weighted by molar-refractivity contribution is 0.376. The number of nitrogens with zero attached hydrogens (tertiary/aromatic N) is 3. The second-order valence-corrected chi connectivity index (χ2v) is 6.55. The van der Waals surface area contributed by atoms with Crippen LogP contribution in [0.15, 0.2) is 34.2 Å². The van der Waals surface area contributed by atoms with Gasteiger partial charge in [0.15, 0.2) is 5.82 Å². The van der Waals surface area contributed by atoms with Gasteiger partial charge in [0.05, 0.1) is 12.1 Å². The maximum Gasteiger partial charge on any atom is 0.232 e. The topological polar surface area (TPSA) is 63.8 Å². The van der Waals surface area contributed by atoms with Crippen molar-refractivity contribution in [1.82, 2.24) is 20.4 Å². The van der Waals surface area contributed by atoms with Crippen LogP contribution in [0.5, 0.6) is 0 Å². The number of thiazole rings is 1. The Hall–Kier alpha value is -2.05. The van der Waals surface area contributed by atoms with Gasteiger partial charge in [-0.3, -0.25) is 0 Å². The number of likely N-dealkylation sites (N-methyl/N-ethyl adjacent to an activating group) is 1. The Morgan fingerprint density at radius 2 is 2.17 bits per heavy atom. The molecule has 3 rings (SSSR count). The van der Waals surface area contributed by atoms with Gasteiger partial charge in [-0.25, -0.2) is 4.98 Å². The van der Waals surface area contributed by atoms with Gasteiger partial charge in [-0.15, -0.1) is 11.3 Å². The van der Waals surface area contributed by atoms with Gasteiger partial charge < -0.3 is 9.84 Å². The zero-order valence-electron chi connectivity index (χ0n) is 13.5. The minimum absolute atomic E-state index is 0.327. The first-order valence-corrected chi connectivity index (χ1v) is 8.52. The summed E-state index contributed by atoms with van der Waals surface area (Å²) in [6.07, 6.45) is 1.33. The molecule has 23 heavy (non-hydrogen) atoms. The summed E-state index contributed by atoms with van der Waals surface area (Å²) in [5.41, 5.74) is 3.35. The number of hydrogen-bond donors (Lipinski definition) is 1. The summed E-state index contributed by atoms with van der Waals surface area (Å²) < 4.78 is 5.32. The Morgan fingerprint density at radius 3 is 2.96 bits per heavy atom. The molecule has 0 spiro atoms. The van der Waals surface area contributed by atoms with Gasteiger partial charge in [-0.05, 0) is 27.0 Å². The maximum atomic E-state index is 5.32. The van der Waals surface area contributed by atoms with Crippen molar-refractivity contribution in [2.45, 2.75) is 32.7 Å².